The van der Waals surface area contributed by atoms with E-state index in [0.29, 0.717) is 22.8 Å². The summed E-state index contributed by atoms with van der Waals surface area (Å²) in [4.78, 5) is 2.24. The summed E-state index contributed by atoms with van der Waals surface area (Å²) in [5.74, 6) is 0.545. The van der Waals surface area contributed by atoms with E-state index in [4.69, 9.17) is 11.6 Å². The highest BCUT2D eigenvalue weighted by atomic mass is 35.5. The molecule has 1 saturated heterocycles. The van der Waals surface area contributed by atoms with Crippen molar-refractivity contribution >= 4 is 27.5 Å². The van der Waals surface area contributed by atoms with Gasteiger partial charge in [-0.1, -0.05) is 12.1 Å². The first-order valence-corrected chi connectivity index (χ1v) is 7.29. The third-order valence-corrected chi connectivity index (χ3v) is 4.72. The van der Waals surface area contributed by atoms with Crippen LogP contribution < -0.4 is 0 Å². The molecule has 2 aliphatic heterocycles. The van der Waals surface area contributed by atoms with Crippen molar-refractivity contribution in [3.63, 3.8) is 0 Å². The molecule has 0 bridgehead atoms. The van der Waals surface area contributed by atoms with Crippen molar-refractivity contribution in [3.8, 4) is 0 Å². The van der Waals surface area contributed by atoms with Crippen LogP contribution in [0.5, 0.6) is 0 Å². The van der Waals surface area contributed by atoms with Gasteiger partial charge in [-0.15, -0.1) is 16.0 Å². The van der Waals surface area contributed by atoms with E-state index >= 15 is 0 Å². The van der Waals surface area contributed by atoms with Crippen LogP contribution in [0.1, 0.15) is 12.0 Å². The molecular formula is C11H11ClN2O2S. The molecule has 0 aromatic heterocycles. The summed E-state index contributed by atoms with van der Waals surface area (Å²) in [6.07, 6.45) is 0.864. The van der Waals surface area contributed by atoms with Crippen LogP contribution in [0.4, 0.5) is 0 Å². The van der Waals surface area contributed by atoms with Crippen molar-refractivity contribution in [3.05, 3.63) is 29.8 Å². The molecule has 6 heteroatoms. The lowest BCUT2D eigenvalue weighted by Crippen LogP contribution is -2.28. The number of amidine groups is 1. The van der Waals surface area contributed by atoms with Gasteiger partial charge in [0.15, 0.2) is 5.84 Å². The van der Waals surface area contributed by atoms with Crippen molar-refractivity contribution in [2.45, 2.75) is 16.7 Å². The fraction of sp³-hybridized carbons (Fsp3) is 0.364. The molecule has 1 aromatic rings. The van der Waals surface area contributed by atoms with E-state index in [2.05, 4.69) is 4.40 Å². The number of rotatable bonds is 0. The lowest BCUT2D eigenvalue weighted by Gasteiger charge is -2.17. The maximum absolute atomic E-state index is 11.9. The minimum Gasteiger partial charge on any atom is -0.354 e. The van der Waals surface area contributed by atoms with Crippen LogP contribution in [0.15, 0.2) is 33.6 Å². The largest absolute Gasteiger partial charge is 0.354 e. The molecule has 0 N–H and O–H groups in total. The Bertz CT molecular complexity index is 597. The third kappa shape index (κ3) is 1.73. The molecule has 0 amide bonds. The second-order valence-corrected chi connectivity index (χ2v) is 6.41. The molecule has 2 heterocycles. The topological polar surface area (TPSA) is 49.7 Å². The fourth-order valence-corrected chi connectivity index (χ4v) is 3.72. The van der Waals surface area contributed by atoms with Crippen molar-refractivity contribution in [1.29, 1.82) is 0 Å². The van der Waals surface area contributed by atoms with Crippen LogP contribution in [-0.4, -0.2) is 37.6 Å². The molecule has 4 nitrogen and oxygen atoms in total. The molecule has 1 aromatic carbocycles. The van der Waals surface area contributed by atoms with Gasteiger partial charge in [-0.3, -0.25) is 0 Å². The highest BCUT2D eigenvalue weighted by Gasteiger charge is 2.34. The molecule has 17 heavy (non-hydrogen) atoms. The lowest BCUT2D eigenvalue weighted by atomic mass is 10.2. The number of hydrogen-bond acceptors (Lipinski definition) is 3. The Balaban J connectivity index is 2.08. The average molecular weight is 271 g/mol. The molecule has 1 fully saturated rings. The lowest BCUT2D eigenvalue weighted by molar-refractivity contribution is 0.522. The molecular weight excluding hydrogens is 260 g/mol. The van der Waals surface area contributed by atoms with Crippen molar-refractivity contribution < 1.29 is 8.42 Å². The third-order valence-electron chi connectivity index (χ3n) is 3.04. The number of fused-ring (bicyclic) bond motifs is 1. The van der Waals surface area contributed by atoms with Gasteiger partial charge in [0.2, 0.25) is 0 Å². The number of alkyl halides is 1. The van der Waals surface area contributed by atoms with Gasteiger partial charge in [0.25, 0.3) is 10.0 Å². The highest BCUT2D eigenvalue weighted by molar-refractivity contribution is 7.90. The number of halogens is 1. The molecule has 0 radical (unpaired) electrons. The van der Waals surface area contributed by atoms with Gasteiger partial charge < -0.3 is 4.90 Å². The standard InChI is InChI=1S/C11H11ClN2O2S/c12-8-5-6-14(7-8)11-9-3-1-2-4-10(9)17(15,16)13-11/h1-4,8H,5-7H2. The molecule has 0 spiro atoms. The monoisotopic (exact) mass is 270 g/mol. The zero-order valence-electron chi connectivity index (χ0n) is 9.01. The first kappa shape index (κ1) is 11.0. The Morgan fingerprint density at radius 3 is 2.82 bits per heavy atom. The summed E-state index contributed by atoms with van der Waals surface area (Å²) < 4.78 is 27.6. The minimum atomic E-state index is -3.51. The SMILES string of the molecule is O=S1(=O)N=C(N2CCC(Cl)C2)c2ccccc21. The Hall–Kier alpha value is -1.07. The van der Waals surface area contributed by atoms with Crippen LogP contribution in [-0.2, 0) is 10.0 Å². The highest BCUT2D eigenvalue weighted by Crippen LogP contribution is 2.29. The van der Waals surface area contributed by atoms with E-state index in [1.807, 2.05) is 11.0 Å². The van der Waals surface area contributed by atoms with Crippen LogP contribution in [0.2, 0.25) is 0 Å². The summed E-state index contributed by atoms with van der Waals surface area (Å²) in [6.45, 7) is 1.42. The smallest absolute Gasteiger partial charge is 0.285 e. The van der Waals surface area contributed by atoms with Crippen LogP contribution in [0.3, 0.4) is 0 Å². The van der Waals surface area contributed by atoms with Crippen LogP contribution in [0, 0.1) is 0 Å². The zero-order chi connectivity index (χ0) is 12.0. The maximum atomic E-state index is 11.9. The van der Waals surface area contributed by atoms with Gasteiger partial charge in [-0.05, 0) is 18.6 Å². The predicted molar refractivity (Wildman–Crippen MR) is 66.0 cm³/mol. The second-order valence-electron chi connectivity index (χ2n) is 4.22. The first-order valence-electron chi connectivity index (χ1n) is 5.41. The Morgan fingerprint density at radius 2 is 2.12 bits per heavy atom. The summed E-state index contributed by atoms with van der Waals surface area (Å²) in [6, 6.07) is 6.92. The van der Waals surface area contributed by atoms with Crippen LogP contribution in [0.25, 0.3) is 0 Å². The zero-order valence-corrected chi connectivity index (χ0v) is 10.6. The molecule has 1 unspecified atom stereocenters. The first-order chi connectivity index (χ1) is 8.08. The van der Waals surface area contributed by atoms with Crippen molar-refractivity contribution in [2.24, 2.45) is 4.40 Å². The fourth-order valence-electron chi connectivity index (χ4n) is 2.23. The number of hydrogen-bond donors (Lipinski definition) is 0. The molecule has 3 rings (SSSR count). The van der Waals surface area contributed by atoms with Gasteiger partial charge in [-0.25, -0.2) is 0 Å². The van der Waals surface area contributed by atoms with Crippen LogP contribution >= 0.6 is 11.6 Å². The number of benzene rings is 1. The second kappa shape index (κ2) is 3.71. The van der Waals surface area contributed by atoms with E-state index in [1.165, 1.54) is 0 Å². The summed E-state index contributed by atoms with van der Waals surface area (Å²) >= 11 is 6.04. The summed E-state index contributed by atoms with van der Waals surface area (Å²) in [5.41, 5.74) is 0.693. The Kier molecular flexibility index (Phi) is 2.41. The Labute approximate surface area is 105 Å². The molecule has 0 saturated carbocycles. The summed E-state index contributed by atoms with van der Waals surface area (Å²) in [5, 5.41) is 0.0770. The molecule has 2 aliphatic rings. The maximum Gasteiger partial charge on any atom is 0.285 e. The molecule has 90 valence electrons. The predicted octanol–water partition coefficient (Wildman–Crippen LogP) is 1.45. The van der Waals surface area contributed by atoms with Gasteiger partial charge >= 0.3 is 0 Å². The molecule has 1 atom stereocenters. The normalized spacial score (nSPS) is 25.8. The number of nitrogens with zero attached hydrogens (tertiary/aromatic N) is 2. The van der Waals surface area contributed by atoms with Gasteiger partial charge in [-0.2, -0.15) is 8.42 Å². The van der Waals surface area contributed by atoms with E-state index in [-0.39, 0.29) is 5.38 Å². The molecule has 0 aliphatic carbocycles. The van der Waals surface area contributed by atoms with Gasteiger partial charge in [0.1, 0.15) is 4.90 Å². The van der Waals surface area contributed by atoms with Gasteiger partial charge in [0, 0.05) is 18.7 Å². The van der Waals surface area contributed by atoms with E-state index in [0.717, 1.165) is 13.0 Å². The number of likely N-dealkylation sites (tertiary alicyclic amines) is 1. The van der Waals surface area contributed by atoms with Gasteiger partial charge in [0.05, 0.1) is 5.38 Å². The number of sulfonamides is 1. The van der Waals surface area contributed by atoms with Crippen molar-refractivity contribution in [2.75, 3.05) is 13.1 Å². The van der Waals surface area contributed by atoms with E-state index < -0.39 is 10.0 Å². The minimum absolute atomic E-state index is 0.0770. The average Bonchev–Trinajstić information content (AvgIpc) is 2.82. The quantitative estimate of drug-likeness (QED) is 0.671. The van der Waals surface area contributed by atoms with E-state index in [1.54, 1.807) is 18.2 Å². The van der Waals surface area contributed by atoms with Crippen molar-refractivity contribution in [1.82, 2.24) is 4.90 Å². The Morgan fingerprint density at radius 1 is 1.35 bits per heavy atom. The van der Waals surface area contributed by atoms with E-state index in [9.17, 15) is 8.42 Å². The summed E-state index contributed by atoms with van der Waals surface area (Å²) in [7, 11) is -3.51.